The lowest BCUT2D eigenvalue weighted by Crippen LogP contribution is -2.36. The molecular formula is C17H20N4O2S. The maximum absolute atomic E-state index is 12.4. The number of anilines is 2. The highest BCUT2D eigenvalue weighted by Crippen LogP contribution is 2.29. The summed E-state index contributed by atoms with van der Waals surface area (Å²) in [7, 11) is 0. The number of fused-ring (bicyclic) bond motifs is 1. The number of carbonyl (C=O) groups excluding carboxylic acids is 1. The monoisotopic (exact) mass is 344 g/mol. The van der Waals surface area contributed by atoms with E-state index in [2.05, 4.69) is 20.2 Å². The SMILES string of the molecule is O=C(Nc1nc2c(s1)CCCC2)c1ccc(N2CCOCC2)nc1. The first-order chi connectivity index (χ1) is 11.8. The Morgan fingerprint density at radius 1 is 1.21 bits per heavy atom. The summed E-state index contributed by atoms with van der Waals surface area (Å²) in [5, 5.41) is 3.61. The highest BCUT2D eigenvalue weighted by molar-refractivity contribution is 7.15. The lowest BCUT2D eigenvalue weighted by Gasteiger charge is -2.27. The standard InChI is InChI=1S/C17H20N4O2S/c22-16(20-17-19-13-3-1-2-4-14(13)24-17)12-5-6-15(18-11-12)21-7-9-23-10-8-21/h5-6,11H,1-4,7-10H2,(H,19,20,22). The van der Waals surface area contributed by atoms with E-state index in [0.717, 1.165) is 50.7 Å². The predicted molar refractivity (Wildman–Crippen MR) is 94.0 cm³/mol. The molecule has 0 atom stereocenters. The molecule has 0 saturated carbocycles. The summed E-state index contributed by atoms with van der Waals surface area (Å²) in [5.41, 5.74) is 1.71. The van der Waals surface area contributed by atoms with E-state index in [9.17, 15) is 4.79 Å². The molecular weight excluding hydrogens is 324 g/mol. The summed E-state index contributed by atoms with van der Waals surface area (Å²) in [6.07, 6.45) is 6.15. The minimum atomic E-state index is -0.151. The van der Waals surface area contributed by atoms with Gasteiger partial charge in [0.2, 0.25) is 0 Å². The Morgan fingerprint density at radius 2 is 2.04 bits per heavy atom. The van der Waals surface area contributed by atoms with Crippen molar-refractivity contribution in [2.75, 3.05) is 36.5 Å². The Morgan fingerprint density at radius 3 is 2.79 bits per heavy atom. The molecule has 4 rings (SSSR count). The quantitative estimate of drug-likeness (QED) is 0.927. The second kappa shape index (κ2) is 6.86. The number of morpholine rings is 1. The molecule has 1 aliphatic carbocycles. The zero-order valence-corrected chi connectivity index (χ0v) is 14.3. The van der Waals surface area contributed by atoms with Gasteiger partial charge in [-0.1, -0.05) is 0 Å². The average molecular weight is 344 g/mol. The van der Waals surface area contributed by atoms with Gasteiger partial charge in [0.1, 0.15) is 5.82 Å². The van der Waals surface area contributed by atoms with Crippen LogP contribution in [0.2, 0.25) is 0 Å². The third-order valence-electron chi connectivity index (χ3n) is 4.41. The zero-order valence-electron chi connectivity index (χ0n) is 13.5. The van der Waals surface area contributed by atoms with Crippen LogP contribution in [0, 0.1) is 0 Å². The molecule has 24 heavy (non-hydrogen) atoms. The molecule has 0 aromatic carbocycles. The number of thiazole rings is 1. The van der Waals surface area contributed by atoms with Crippen LogP contribution in [0.25, 0.3) is 0 Å². The number of carbonyl (C=O) groups is 1. The summed E-state index contributed by atoms with van der Waals surface area (Å²) in [6, 6.07) is 3.72. The molecule has 0 spiro atoms. The van der Waals surface area contributed by atoms with Crippen LogP contribution in [-0.2, 0) is 17.6 Å². The maximum Gasteiger partial charge on any atom is 0.259 e. The van der Waals surface area contributed by atoms with Gasteiger partial charge in [0, 0.05) is 24.2 Å². The van der Waals surface area contributed by atoms with Crippen molar-refractivity contribution < 1.29 is 9.53 Å². The first kappa shape index (κ1) is 15.5. The molecule has 2 aromatic rings. The molecule has 1 amide bonds. The Bertz CT molecular complexity index is 699. The molecule has 1 fully saturated rings. The van der Waals surface area contributed by atoms with Crippen LogP contribution in [0.5, 0.6) is 0 Å². The maximum atomic E-state index is 12.4. The van der Waals surface area contributed by atoms with E-state index in [-0.39, 0.29) is 5.91 Å². The van der Waals surface area contributed by atoms with Gasteiger partial charge in [-0.25, -0.2) is 9.97 Å². The molecule has 7 heteroatoms. The number of nitrogens with zero attached hydrogens (tertiary/aromatic N) is 3. The van der Waals surface area contributed by atoms with Gasteiger partial charge in [0.15, 0.2) is 5.13 Å². The van der Waals surface area contributed by atoms with E-state index in [4.69, 9.17) is 4.74 Å². The van der Waals surface area contributed by atoms with Crippen LogP contribution in [0.15, 0.2) is 18.3 Å². The van der Waals surface area contributed by atoms with Crippen molar-refractivity contribution in [2.24, 2.45) is 0 Å². The number of pyridine rings is 1. The van der Waals surface area contributed by atoms with Gasteiger partial charge >= 0.3 is 0 Å². The van der Waals surface area contributed by atoms with Crippen LogP contribution in [-0.4, -0.2) is 42.2 Å². The molecule has 0 unspecified atom stereocenters. The highest BCUT2D eigenvalue weighted by Gasteiger charge is 2.17. The number of rotatable bonds is 3. The van der Waals surface area contributed by atoms with Crippen molar-refractivity contribution in [3.05, 3.63) is 34.5 Å². The van der Waals surface area contributed by atoms with Crippen molar-refractivity contribution in [3.8, 4) is 0 Å². The van der Waals surface area contributed by atoms with E-state index in [1.165, 1.54) is 17.7 Å². The van der Waals surface area contributed by atoms with E-state index >= 15 is 0 Å². The Hall–Kier alpha value is -1.99. The molecule has 0 radical (unpaired) electrons. The highest BCUT2D eigenvalue weighted by atomic mass is 32.1. The molecule has 1 N–H and O–H groups in total. The van der Waals surface area contributed by atoms with Crippen molar-refractivity contribution >= 4 is 28.2 Å². The van der Waals surface area contributed by atoms with Crippen molar-refractivity contribution in [1.29, 1.82) is 0 Å². The van der Waals surface area contributed by atoms with Gasteiger partial charge in [0.25, 0.3) is 5.91 Å². The molecule has 2 aliphatic rings. The lowest BCUT2D eigenvalue weighted by molar-refractivity contribution is 0.102. The fourth-order valence-electron chi connectivity index (χ4n) is 3.07. The lowest BCUT2D eigenvalue weighted by atomic mass is 10.0. The van der Waals surface area contributed by atoms with Crippen molar-refractivity contribution in [1.82, 2.24) is 9.97 Å². The van der Waals surface area contributed by atoms with Crippen LogP contribution >= 0.6 is 11.3 Å². The molecule has 0 bridgehead atoms. The average Bonchev–Trinajstić information content (AvgIpc) is 3.05. The van der Waals surface area contributed by atoms with Crippen LogP contribution in [0.1, 0.15) is 33.8 Å². The second-order valence-electron chi connectivity index (χ2n) is 6.05. The molecule has 126 valence electrons. The number of hydrogen-bond donors (Lipinski definition) is 1. The third-order valence-corrected chi connectivity index (χ3v) is 5.48. The normalized spacial score (nSPS) is 17.4. The van der Waals surface area contributed by atoms with Gasteiger partial charge in [-0.05, 0) is 37.8 Å². The van der Waals surface area contributed by atoms with Crippen molar-refractivity contribution in [3.63, 3.8) is 0 Å². The molecule has 1 aliphatic heterocycles. The van der Waals surface area contributed by atoms with E-state index < -0.39 is 0 Å². The van der Waals surface area contributed by atoms with Crippen LogP contribution < -0.4 is 10.2 Å². The van der Waals surface area contributed by atoms with E-state index in [1.54, 1.807) is 17.5 Å². The van der Waals surface area contributed by atoms with Gasteiger partial charge < -0.3 is 9.64 Å². The smallest absolute Gasteiger partial charge is 0.259 e. The summed E-state index contributed by atoms with van der Waals surface area (Å²) in [6.45, 7) is 3.11. The van der Waals surface area contributed by atoms with E-state index in [1.807, 2.05) is 12.1 Å². The Kier molecular flexibility index (Phi) is 4.44. The largest absolute Gasteiger partial charge is 0.378 e. The number of hydrogen-bond acceptors (Lipinski definition) is 6. The molecule has 2 aromatic heterocycles. The first-order valence-electron chi connectivity index (χ1n) is 8.38. The zero-order chi connectivity index (χ0) is 16.4. The van der Waals surface area contributed by atoms with Crippen LogP contribution in [0.4, 0.5) is 10.9 Å². The summed E-state index contributed by atoms with van der Waals surface area (Å²) >= 11 is 1.60. The molecule has 1 saturated heterocycles. The minimum Gasteiger partial charge on any atom is -0.378 e. The minimum absolute atomic E-state index is 0.151. The summed E-state index contributed by atoms with van der Waals surface area (Å²) in [5.74, 6) is 0.738. The topological polar surface area (TPSA) is 67.4 Å². The second-order valence-corrected chi connectivity index (χ2v) is 7.14. The number of amides is 1. The van der Waals surface area contributed by atoms with Gasteiger partial charge in [-0.3, -0.25) is 10.1 Å². The van der Waals surface area contributed by atoms with Gasteiger partial charge in [-0.15, -0.1) is 11.3 Å². The number of aryl methyl sites for hydroxylation is 2. The van der Waals surface area contributed by atoms with Crippen LogP contribution in [0.3, 0.4) is 0 Å². The predicted octanol–water partition coefficient (Wildman–Crippen LogP) is 2.51. The van der Waals surface area contributed by atoms with Crippen molar-refractivity contribution in [2.45, 2.75) is 25.7 Å². The number of ether oxygens (including phenoxy) is 1. The molecule has 6 nitrogen and oxygen atoms in total. The Balaban J connectivity index is 1.43. The Labute approximate surface area is 144 Å². The third kappa shape index (κ3) is 3.27. The molecule has 3 heterocycles. The fourth-order valence-corrected chi connectivity index (χ4v) is 4.12. The number of aromatic nitrogens is 2. The summed E-state index contributed by atoms with van der Waals surface area (Å²) < 4.78 is 5.34. The van der Waals surface area contributed by atoms with Gasteiger partial charge in [-0.2, -0.15) is 0 Å². The first-order valence-corrected chi connectivity index (χ1v) is 9.20. The number of nitrogens with one attached hydrogen (secondary N) is 1. The fraction of sp³-hybridized carbons (Fsp3) is 0.471. The van der Waals surface area contributed by atoms with Gasteiger partial charge in [0.05, 0.1) is 24.5 Å². The van der Waals surface area contributed by atoms with E-state index in [0.29, 0.717) is 10.7 Å². The summed E-state index contributed by atoms with van der Waals surface area (Å²) in [4.78, 5) is 24.9.